The van der Waals surface area contributed by atoms with E-state index in [0.29, 0.717) is 24.6 Å². The summed E-state index contributed by atoms with van der Waals surface area (Å²) in [6.07, 6.45) is 10.1. The van der Waals surface area contributed by atoms with Gasteiger partial charge in [-0.2, -0.15) is 0 Å². The molecule has 0 aliphatic rings. The summed E-state index contributed by atoms with van der Waals surface area (Å²) >= 11 is 0. The quantitative estimate of drug-likeness (QED) is 0.231. The number of carboxylic acid groups (broad SMARTS) is 2. The van der Waals surface area contributed by atoms with Crippen LogP contribution in [0, 0.1) is 0 Å². The SMILES string of the molecule is CC(=O)[O-].CC(=O)[O-].CCCCc1cc(C=NCCN=Cc2cc(CCCC)cc(C(C)C)c2O)c(O)c(C(C)C)c1.[Co+2]. The number of carbonyl (C=O) groups is 2. The smallest absolute Gasteiger partial charge is 0.550 e. The fourth-order valence-corrected chi connectivity index (χ4v) is 4.06. The molecular weight excluding hydrogens is 591 g/mol. The second-order valence-electron chi connectivity index (χ2n) is 10.8. The van der Waals surface area contributed by atoms with Gasteiger partial charge in [-0.15, -0.1) is 0 Å². The van der Waals surface area contributed by atoms with Gasteiger partial charge >= 0.3 is 16.8 Å². The first-order valence-corrected chi connectivity index (χ1v) is 14.8. The number of aryl methyl sites for hydroxylation is 2. The zero-order valence-corrected chi connectivity index (χ0v) is 28.1. The van der Waals surface area contributed by atoms with Crippen LogP contribution in [-0.2, 0) is 39.2 Å². The van der Waals surface area contributed by atoms with E-state index in [9.17, 15) is 10.2 Å². The van der Waals surface area contributed by atoms with Gasteiger partial charge in [0.15, 0.2) is 0 Å². The van der Waals surface area contributed by atoms with Crippen molar-refractivity contribution in [2.75, 3.05) is 13.1 Å². The first-order valence-electron chi connectivity index (χ1n) is 14.8. The molecule has 0 spiro atoms. The second kappa shape index (κ2) is 23.3. The van der Waals surface area contributed by atoms with Gasteiger partial charge < -0.3 is 30.0 Å². The Morgan fingerprint density at radius 3 is 1.28 bits per heavy atom. The maximum atomic E-state index is 10.7. The van der Waals surface area contributed by atoms with Crippen molar-refractivity contribution in [2.24, 2.45) is 9.98 Å². The average Bonchev–Trinajstić information content (AvgIpc) is 2.89. The zero-order valence-electron chi connectivity index (χ0n) is 27.0. The van der Waals surface area contributed by atoms with Crippen LogP contribution in [0.1, 0.15) is 126 Å². The Morgan fingerprint density at radius 1 is 0.721 bits per heavy atom. The van der Waals surface area contributed by atoms with Gasteiger partial charge in [0.2, 0.25) is 0 Å². The fraction of sp³-hybridized carbons (Fsp3) is 0.529. The van der Waals surface area contributed by atoms with Gasteiger partial charge in [0.25, 0.3) is 0 Å². The molecule has 0 aliphatic carbocycles. The maximum absolute atomic E-state index is 10.7. The van der Waals surface area contributed by atoms with Gasteiger partial charge in [0.05, 0.1) is 13.1 Å². The van der Waals surface area contributed by atoms with Crippen LogP contribution < -0.4 is 10.2 Å². The summed E-state index contributed by atoms with van der Waals surface area (Å²) < 4.78 is 0. The molecular formula is C34H50CoN2O6. The van der Waals surface area contributed by atoms with Crippen LogP contribution in [0.3, 0.4) is 0 Å². The van der Waals surface area contributed by atoms with Crippen LogP contribution in [0.4, 0.5) is 0 Å². The number of benzene rings is 2. The number of hydrogen-bond donors (Lipinski definition) is 2. The normalized spacial score (nSPS) is 10.7. The number of aromatic hydroxyl groups is 2. The maximum Gasteiger partial charge on any atom is 2.00 e. The molecule has 0 saturated carbocycles. The minimum absolute atomic E-state index is 0. The molecule has 2 aromatic carbocycles. The number of hydrogen-bond acceptors (Lipinski definition) is 8. The van der Waals surface area contributed by atoms with Gasteiger partial charge in [-0.3, -0.25) is 9.98 Å². The molecule has 241 valence electrons. The topological polar surface area (TPSA) is 145 Å². The standard InChI is InChI=1S/C30H44N2O2.2C2H4O2.Co/c1-7-9-11-23-15-25(29(33)27(17-23)21(3)4)19-31-13-14-32-20-26-16-24(12-10-8-2)18-28(22(5)6)30(26)34;2*1-2(3)4;/h15-22,33-34H,7-14H2,1-6H3;2*1H3,(H,3,4);/q;;;+2/p-2. The molecule has 0 saturated heterocycles. The molecule has 2 aromatic rings. The van der Waals surface area contributed by atoms with Crippen molar-refractivity contribution in [3.8, 4) is 11.5 Å². The van der Waals surface area contributed by atoms with E-state index in [1.165, 1.54) is 11.1 Å². The monoisotopic (exact) mass is 641 g/mol. The Morgan fingerprint density at radius 2 is 1.02 bits per heavy atom. The number of unbranched alkanes of at least 4 members (excludes halogenated alkanes) is 2. The van der Waals surface area contributed by atoms with Crippen LogP contribution in [0.25, 0.3) is 0 Å². The Bertz CT molecular complexity index is 1080. The predicted octanol–water partition coefficient (Wildman–Crippen LogP) is 5.08. The van der Waals surface area contributed by atoms with Crippen molar-refractivity contribution in [1.29, 1.82) is 0 Å². The molecule has 0 aliphatic heterocycles. The molecule has 8 nitrogen and oxygen atoms in total. The Balaban J connectivity index is 0. The van der Waals surface area contributed by atoms with E-state index in [2.05, 4.69) is 75.8 Å². The number of aliphatic carboxylic acids is 2. The van der Waals surface area contributed by atoms with E-state index >= 15 is 0 Å². The van der Waals surface area contributed by atoms with Crippen molar-refractivity contribution < 1.29 is 46.8 Å². The fourth-order valence-electron chi connectivity index (χ4n) is 4.06. The summed E-state index contributed by atoms with van der Waals surface area (Å²) in [5.41, 5.74) is 6.03. The molecule has 0 atom stereocenters. The predicted molar refractivity (Wildman–Crippen MR) is 168 cm³/mol. The van der Waals surface area contributed by atoms with Crippen LogP contribution in [-0.4, -0.2) is 47.7 Å². The molecule has 0 bridgehead atoms. The van der Waals surface area contributed by atoms with Gasteiger partial charge in [-0.05, 0) is 85.8 Å². The number of nitrogens with zero attached hydrogens (tertiary/aromatic N) is 2. The van der Waals surface area contributed by atoms with Crippen molar-refractivity contribution in [1.82, 2.24) is 0 Å². The Labute approximate surface area is 268 Å². The molecule has 0 amide bonds. The number of phenols is 2. The molecule has 43 heavy (non-hydrogen) atoms. The first-order chi connectivity index (χ1) is 19.7. The van der Waals surface area contributed by atoms with Crippen LogP contribution >= 0.6 is 0 Å². The largest absolute Gasteiger partial charge is 2.00 e. The Hall–Kier alpha value is -3.17. The van der Waals surface area contributed by atoms with Gasteiger partial charge in [0.1, 0.15) is 11.5 Å². The number of carbonyl (C=O) groups excluding carboxylic acids is 2. The number of rotatable bonds is 13. The summed E-state index contributed by atoms with van der Waals surface area (Å²) in [6, 6.07) is 8.36. The molecule has 0 aromatic heterocycles. The number of aliphatic imine (C=N–C) groups is 2. The third-order valence-corrected chi connectivity index (χ3v) is 6.16. The van der Waals surface area contributed by atoms with E-state index in [1.807, 2.05) is 0 Å². The van der Waals surface area contributed by atoms with E-state index in [0.717, 1.165) is 74.6 Å². The summed E-state index contributed by atoms with van der Waals surface area (Å²) in [5.74, 6) is -0.986. The Kier molecular flexibility index (Phi) is 22.7. The summed E-state index contributed by atoms with van der Waals surface area (Å²) in [5, 5.41) is 39.2. The average molecular weight is 642 g/mol. The van der Waals surface area contributed by atoms with Crippen LogP contribution in [0.2, 0.25) is 0 Å². The van der Waals surface area contributed by atoms with Crippen LogP contribution in [0.5, 0.6) is 11.5 Å². The molecule has 1 radical (unpaired) electrons. The third-order valence-electron chi connectivity index (χ3n) is 6.16. The van der Waals surface area contributed by atoms with Gasteiger partial charge in [0, 0.05) is 35.5 Å². The second-order valence-corrected chi connectivity index (χ2v) is 10.8. The molecule has 9 heteroatoms. The zero-order chi connectivity index (χ0) is 32.2. The molecule has 2 N–H and O–H groups in total. The first kappa shape index (κ1) is 42.0. The number of phenolic OH excluding ortho intramolecular Hbond substituents is 2. The molecule has 0 fully saturated rings. The van der Waals surface area contributed by atoms with Gasteiger partial charge in [-0.25, -0.2) is 0 Å². The van der Waals surface area contributed by atoms with E-state index in [1.54, 1.807) is 12.4 Å². The van der Waals surface area contributed by atoms with Crippen molar-refractivity contribution in [3.05, 3.63) is 57.6 Å². The van der Waals surface area contributed by atoms with Crippen molar-refractivity contribution in [2.45, 2.75) is 106 Å². The van der Waals surface area contributed by atoms with E-state index in [-0.39, 0.29) is 28.6 Å². The van der Waals surface area contributed by atoms with Gasteiger partial charge in [-0.1, -0.05) is 66.5 Å². The number of carboxylic acids is 2. The van der Waals surface area contributed by atoms with Crippen molar-refractivity contribution >= 4 is 24.4 Å². The van der Waals surface area contributed by atoms with Crippen molar-refractivity contribution in [3.63, 3.8) is 0 Å². The summed E-state index contributed by atoms with van der Waals surface area (Å²) in [6.45, 7) is 15.8. The van der Waals surface area contributed by atoms with E-state index in [4.69, 9.17) is 19.8 Å². The summed E-state index contributed by atoms with van der Waals surface area (Å²) in [7, 11) is 0. The molecule has 2 rings (SSSR count). The third kappa shape index (κ3) is 18.2. The molecule has 0 unspecified atom stereocenters. The van der Waals surface area contributed by atoms with Crippen LogP contribution in [0.15, 0.2) is 34.3 Å². The minimum atomic E-state index is -1.08. The van der Waals surface area contributed by atoms with E-state index < -0.39 is 11.9 Å². The summed E-state index contributed by atoms with van der Waals surface area (Å²) in [4.78, 5) is 26.8. The molecule has 0 heterocycles. The minimum Gasteiger partial charge on any atom is -0.550 e.